The van der Waals surface area contributed by atoms with Gasteiger partial charge >= 0.3 is 0 Å². The van der Waals surface area contributed by atoms with Crippen molar-refractivity contribution in [2.45, 2.75) is 51.4 Å². The minimum atomic E-state index is -0.508. The van der Waals surface area contributed by atoms with Crippen LogP contribution in [0, 0.1) is 0 Å². The summed E-state index contributed by atoms with van der Waals surface area (Å²) >= 11 is 0. The molecule has 1 fully saturated rings. The molecule has 0 spiro atoms. The van der Waals surface area contributed by atoms with Crippen molar-refractivity contribution in [3.8, 4) is 0 Å². The first-order chi connectivity index (χ1) is 7.68. The minimum Gasteiger partial charge on any atom is -0.388 e. The highest BCUT2D eigenvalue weighted by Gasteiger charge is 2.13. The van der Waals surface area contributed by atoms with E-state index in [0.717, 1.165) is 6.54 Å². The second-order valence-corrected chi connectivity index (χ2v) is 4.72. The van der Waals surface area contributed by atoms with Gasteiger partial charge in [-0.15, -0.1) is 0 Å². The van der Waals surface area contributed by atoms with Gasteiger partial charge in [0.05, 0.1) is 25.9 Å². The highest BCUT2D eigenvalue weighted by molar-refractivity contribution is 4.71. The van der Waals surface area contributed by atoms with Crippen LogP contribution in [-0.2, 0) is 9.47 Å². The zero-order valence-corrected chi connectivity index (χ0v) is 10.4. The monoisotopic (exact) mass is 231 g/mol. The number of hydrogen-bond acceptors (Lipinski definition) is 4. The van der Waals surface area contributed by atoms with E-state index in [0.29, 0.717) is 25.9 Å². The average molecular weight is 231 g/mol. The number of rotatable bonds is 7. The third-order valence-electron chi connectivity index (χ3n) is 2.66. The molecular formula is C12H25NO3. The number of nitrogens with one attached hydrogen (secondary N) is 1. The van der Waals surface area contributed by atoms with Crippen molar-refractivity contribution in [3.63, 3.8) is 0 Å². The Kier molecular flexibility index (Phi) is 6.96. The van der Waals surface area contributed by atoms with Gasteiger partial charge in [-0.2, -0.15) is 0 Å². The molecule has 0 aliphatic carbocycles. The van der Waals surface area contributed by atoms with E-state index >= 15 is 0 Å². The maximum atomic E-state index is 9.56. The fourth-order valence-electron chi connectivity index (χ4n) is 1.76. The summed E-state index contributed by atoms with van der Waals surface area (Å²) < 4.78 is 10.8. The quantitative estimate of drug-likeness (QED) is 0.684. The topological polar surface area (TPSA) is 50.7 Å². The van der Waals surface area contributed by atoms with Crippen LogP contribution in [0.3, 0.4) is 0 Å². The fourth-order valence-corrected chi connectivity index (χ4v) is 1.76. The smallest absolute Gasteiger partial charge is 0.101 e. The van der Waals surface area contributed by atoms with Crippen LogP contribution in [0.2, 0.25) is 0 Å². The number of aliphatic hydroxyl groups excluding tert-OH is 1. The summed E-state index contributed by atoms with van der Waals surface area (Å²) in [5.74, 6) is 0. The lowest BCUT2D eigenvalue weighted by atomic mass is 10.1. The zero-order chi connectivity index (χ0) is 11.8. The van der Waals surface area contributed by atoms with Crippen molar-refractivity contribution in [2.24, 2.45) is 0 Å². The summed E-state index contributed by atoms with van der Waals surface area (Å²) in [4.78, 5) is 0. The molecule has 2 unspecified atom stereocenters. The van der Waals surface area contributed by atoms with Crippen molar-refractivity contribution < 1.29 is 14.6 Å². The van der Waals surface area contributed by atoms with Crippen LogP contribution < -0.4 is 5.32 Å². The summed E-state index contributed by atoms with van der Waals surface area (Å²) in [6, 6.07) is 0.465. The first-order valence-electron chi connectivity index (χ1n) is 6.29. The van der Waals surface area contributed by atoms with Crippen LogP contribution in [0.1, 0.15) is 33.1 Å². The maximum Gasteiger partial charge on any atom is 0.101 e. The lowest BCUT2D eigenvalue weighted by Gasteiger charge is -2.23. The maximum absolute atomic E-state index is 9.56. The van der Waals surface area contributed by atoms with Gasteiger partial charge in [0.2, 0.25) is 0 Å². The lowest BCUT2D eigenvalue weighted by molar-refractivity contribution is -0.0393. The molecule has 96 valence electrons. The Labute approximate surface area is 98.3 Å². The molecule has 2 atom stereocenters. The molecule has 1 aliphatic heterocycles. The molecule has 0 aromatic carbocycles. The molecule has 2 N–H and O–H groups in total. The average Bonchev–Trinajstić information content (AvgIpc) is 2.28. The Morgan fingerprint density at radius 1 is 1.31 bits per heavy atom. The van der Waals surface area contributed by atoms with Crippen molar-refractivity contribution >= 4 is 0 Å². The second-order valence-electron chi connectivity index (χ2n) is 4.72. The molecule has 0 radical (unpaired) electrons. The first kappa shape index (κ1) is 13.9. The predicted octanol–water partition coefficient (Wildman–Crippen LogP) is 0.931. The summed E-state index contributed by atoms with van der Waals surface area (Å²) in [5, 5.41) is 13.0. The highest BCUT2D eigenvalue weighted by Crippen LogP contribution is 2.07. The first-order valence-corrected chi connectivity index (χ1v) is 6.29. The Balaban J connectivity index is 1.96. The van der Waals surface area contributed by atoms with E-state index in [9.17, 15) is 5.11 Å². The number of hydrogen-bond donors (Lipinski definition) is 2. The van der Waals surface area contributed by atoms with E-state index in [1.54, 1.807) is 0 Å². The molecular weight excluding hydrogens is 206 g/mol. The molecule has 0 amide bonds. The normalized spacial score (nSPS) is 23.6. The van der Waals surface area contributed by atoms with E-state index in [1.807, 2.05) is 13.8 Å². The van der Waals surface area contributed by atoms with Gasteiger partial charge in [0.25, 0.3) is 0 Å². The molecule has 1 rings (SSSR count). The van der Waals surface area contributed by atoms with E-state index < -0.39 is 6.10 Å². The third-order valence-corrected chi connectivity index (χ3v) is 2.66. The van der Waals surface area contributed by atoms with Crippen LogP contribution in [-0.4, -0.2) is 49.7 Å². The fraction of sp³-hybridized carbons (Fsp3) is 1.00. The molecule has 0 bridgehead atoms. The largest absolute Gasteiger partial charge is 0.388 e. The molecule has 0 aromatic rings. The van der Waals surface area contributed by atoms with Crippen molar-refractivity contribution in [1.29, 1.82) is 0 Å². The van der Waals surface area contributed by atoms with Crippen LogP contribution in [0.4, 0.5) is 0 Å². The molecule has 0 aromatic heterocycles. The number of piperidine rings is 1. The zero-order valence-electron chi connectivity index (χ0n) is 10.4. The number of aliphatic hydroxyl groups is 1. The van der Waals surface area contributed by atoms with Gasteiger partial charge in [-0.1, -0.05) is 6.42 Å². The van der Waals surface area contributed by atoms with Gasteiger partial charge in [-0.25, -0.2) is 0 Å². The van der Waals surface area contributed by atoms with Gasteiger partial charge in [0.1, 0.15) is 6.10 Å². The molecule has 1 heterocycles. The molecule has 1 saturated heterocycles. The Morgan fingerprint density at radius 3 is 2.75 bits per heavy atom. The highest BCUT2D eigenvalue weighted by atomic mass is 16.5. The second kappa shape index (κ2) is 8.01. The van der Waals surface area contributed by atoms with Gasteiger partial charge in [0.15, 0.2) is 0 Å². The van der Waals surface area contributed by atoms with E-state index in [2.05, 4.69) is 5.32 Å². The predicted molar refractivity (Wildman–Crippen MR) is 63.6 cm³/mol. The van der Waals surface area contributed by atoms with Crippen molar-refractivity contribution in [1.82, 2.24) is 5.32 Å². The Morgan fingerprint density at radius 2 is 2.12 bits per heavy atom. The van der Waals surface area contributed by atoms with Crippen molar-refractivity contribution in [3.05, 3.63) is 0 Å². The molecule has 1 aliphatic rings. The van der Waals surface area contributed by atoms with E-state index in [-0.39, 0.29) is 6.10 Å². The van der Waals surface area contributed by atoms with Crippen molar-refractivity contribution in [2.75, 3.05) is 26.4 Å². The van der Waals surface area contributed by atoms with E-state index in [4.69, 9.17) is 9.47 Å². The van der Waals surface area contributed by atoms with Gasteiger partial charge in [0, 0.05) is 6.04 Å². The standard InChI is InChI=1S/C12H25NO3/c1-10(2)16-9-12(14)8-15-7-11-5-3-4-6-13-11/h10-14H,3-9H2,1-2H3. The van der Waals surface area contributed by atoms with Gasteiger partial charge in [-0.05, 0) is 33.2 Å². The molecule has 16 heavy (non-hydrogen) atoms. The lowest BCUT2D eigenvalue weighted by Crippen LogP contribution is -2.38. The van der Waals surface area contributed by atoms with Gasteiger partial charge < -0.3 is 19.9 Å². The summed E-state index contributed by atoms with van der Waals surface area (Å²) in [6.07, 6.45) is 3.38. The Hall–Kier alpha value is -0.160. The summed E-state index contributed by atoms with van der Waals surface area (Å²) in [6.45, 7) is 6.42. The van der Waals surface area contributed by atoms with Crippen LogP contribution >= 0.6 is 0 Å². The van der Waals surface area contributed by atoms with Gasteiger partial charge in [-0.3, -0.25) is 0 Å². The van der Waals surface area contributed by atoms with Crippen LogP contribution in [0.5, 0.6) is 0 Å². The Bertz CT molecular complexity index is 170. The SMILES string of the molecule is CC(C)OCC(O)COCC1CCCCN1. The minimum absolute atomic E-state index is 0.162. The summed E-state index contributed by atoms with van der Waals surface area (Å²) in [7, 11) is 0. The van der Waals surface area contributed by atoms with E-state index in [1.165, 1.54) is 19.3 Å². The van der Waals surface area contributed by atoms with Crippen LogP contribution in [0.25, 0.3) is 0 Å². The summed E-state index contributed by atoms with van der Waals surface area (Å²) in [5.41, 5.74) is 0. The number of ether oxygens (including phenoxy) is 2. The third kappa shape index (κ3) is 6.43. The molecule has 4 nitrogen and oxygen atoms in total. The van der Waals surface area contributed by atoms with Crippen LogP contribution in [0.15, 0.2) is 0 Å². The molecule has 4 heteroatoms. The molecule has 0 saturated carbocycles.